The van der Waals surface area contributed by atoms with E-state index < -0.39 is 51.2 Å². The molecule has 0 saturated heterocycles. The quantitative estimate of drug-likeness (QED) is 0.359. The summed E-state index contributed by atoms with van der Waals surface area (Å²) in [6.45, 7) is 5.20. The Hall–Kier alpha value is -2.63. The van der Waals surface area contributed by atoms with E-state index in [1.807, 2.05) is 6.92 Å². The zero-order valence-corrected chi connectivity index (χ0v) is 18.6. The molecule has 0 aromatic heterocycles. The first-order valence-corrected chi connectivity index (χ1v) is 10.9. The number of rotatable bonds is 6. The van der Waals surface area contributed by atoms with E-state index in [1.54, 1.807) is 26.0 Å². The van der Waals surface area contributed by atoms with Crippen LogP contribution in [0, 0.1) is 20.8 Å². The van der Waals surface area contributed by atoms with Gasteiger partial charge in [0, 0.05) is 5.02 Å². The minimum atomic E-state index is -5.30. The molecular formula is C20H18ClF3O7S. The molecule has 0 amide bonds. The van der Waals surface area contributed by atoms with Crippen LogP contribution in [-0.2, 0) is 14.9 Å². The molecule has 1 N–H and O–H groups in total. The van der Waals surface area contributed by atoms with E-state index in [9.17, 15) is 31.2 Å². The molecule has 12 heteroatoms. The molecule has 0 aliphatic heterocycles. The van der Waals surface area contributed by atoms with Gasteiger partial charge in [-0.1, -0.05) is 29.3 Å². The smallest absolute Gasteiger partial charge is 0.426 e. The highest BCUT2D eigenvalue weighted by Crippen LogP contribution is 2.29. The average molecular weight is 495 g/mol. The van der Waals surface area contributed by atoms with Gasteiger partial charge in [0.25, 0.3) is 10.1 Å². The number of alkyl halides is 3. The Bertz CT molecular complexity index is 1140. The Labute approximate surface area is 186 Å². The minimum Gasteiger partial charge on any atom is -0.448 e. The summed E-state index contributed by atoms with van der Waals surface area (Å²) >= 11 is 5.81. The fourth-order valence-electron chi connectivity index (χ4n) is 2.92. The van der Waals surface area contributed by atoms with Gasteiger partial charge in [0.15, 0.2) is 0 Å². The number of hydrogen-bond acceptors (Lipinski definition) is 6. The van der Waals surface area contributed by atoms with E-state index in [2.05, 4.69) is 4.74 Å². The second kappa shape index (κ2) is 9.47. The molecule has 0 spiro atoms. The third kappa shape index (κ3) is 6.68. The van der Waals surface area contributed by atoms with Gasteiger partial charge in [-0.2, -0.15) is 21.6 Å². The van der Waals surface area contributed by atoms with Crippen molar-refractivity contribution in [2.75, 3.05) is 5.75 Å². The highest BCUT2D eigenvalue weighted by Gasteiger charge is 2.46. The van der Waals surface area contributed by atoms with Crippen LogP contribution in [0.2, 0.25) is 5.02 Å². The van der Waals surface area contributed by atoms with Crippen LogP contribution in [0.5, 0.6) is 5.75 Å². The van der Waals surface area contributed by atoms with Crippen molar-refractivity contribution in [1.29, 1.82) is 0 Å². The van der Waals surface area contributed by atoms with Crippen molar-refractivity contribution in [1.82, 2.24) is 0 Å². The summed E-state index contributed by atoms with van der Waals surface area (Å²) in [7, 11) is -5.14. The highest BCUT2D eigenvalue weighted by atomic mass is 35.5. The molecule has 1 atom stereocenters. The molecule has 7 nitrogen and oxygen atoms in total. The Balaban J connectivity index is 2.41. The Kier molecular flexibility index (Phi) is 7.59. The van der Waals surface area contributed by atoms with Crippen LogP contribution in [0.3, 0.4) is 0 Å². The summed E-state index contributed by atoms with van der Waals surface area (Å²) < 4.78 is 79.5. The highest BCUT2D eigenvalue weighted by molar-refractivity contribution is 7.85. The van der Waals surface area contributed by atoms with Gasteiger partial charge in [-0.25, -0.2) is 9.59 Å². The summed E-state index contributed by atoms with van der Waals surface area (Å²) in [5.41, 5.74) is 1.01. The first kappa shape index (κ1) is 25.6. The van der Waals surface area contributed by atoms with E-state index in [-0.39, 0.29) is 10.8 Å². The number of hydrogen-bond donors (Lipinski definition) is 1. The molecule has 2 rings (SSSR count). The Morgan fingerprint density at radius 1 is 1.03 bits per heavy atom. The normalized spacial score (nSPS) is 12.9. The van der Waals surface area contributed by atoms with Crippen molar-refractivity contribution in [3.63, 3.8) is 0 Å². The van der Waals surface area contributed by atoms with Crippen LogP contribution in [0.1, 0.15) is 37.4 Å². The number of benzene rings is 2. The average Bonchev–Trinajstić information content (AvgIpc) is 2.61. The standard InChI is InChI=1S/C20H18ClF3O7S/c1-10-6-11(2)17(12(3)7-10)31-18(25)14-5-4-13(21)8-15(14)19(26)30-16(20(22,23)24)9-32(27,28)29/h4-8,16H,9H2,1-3H3,(H,27,28,29). The molecule has 0 fully saturated rings. The fraction of sp³-hybridized carbons (Fsp3) is 0.300. The number of carbonyl (C=O) groups excluding carboxylic acids is 2. The lowest BCUT2D eigenvalue weighted by molar-refractivity contribution is -0.197. The summed E-state index contributed by atoms with van der Waals surface area (Å²) in [6, 6.07) is 6.65. The van der Waals surface area contributed by atoms with Gasteiger partial charge >= 0.3 is 18.1 Å². The number of ether oxygens (including phenoxy) is 2. The lowest BCUT2D eigenvalue weighted by Gasteiger charge is -2.20. The summed E-state index contributed by atoms with van der Waals surface area (Å²) in [5, 5.41) is -0.102. The van der Waals surface area contributed by atoms with Gasteiger partial charge in [-0.05, 0) is 50.1 Å². The van der Waals surface area contributed by atoms with E-state index >= 15 is 0 Å². The maximum absolute atomic E-state index is 13.1. The van der Waals surface area contributed by atoms with Gasteiger partial charge in [-0.3, -0.25) is 4.55 Å². The molecule has 174 valence electrons. The van der Waals surface area contributed by atoms with Crippen LogP contribution in [-0.4, -0.2) is 42.9 Å². The largest absolute Gasteiger partial charge is 0.448 e. The monoisotopic (exact) mass is 494 g/mol. The van der Waals surface area contributed by atoms with E-state index in [0.29, 0.717) is 11.1 Å². The number of halogens is 4. The van der Waals surface area contributed by atoms with Crippen molar-refractivity contribution < 1.29 is 45.2 Å². The summed E-state index contributed by atoms with van der Waals surface area (Å²) in [4.78, 5) is 25.2. The Morgan fingerprint density at radius 2 is 1.59 bits per heavy atom. The number of carbonyl (C=O) groups is 2. The molecule has 0 radical (unpaired) electrons. The second-order valence-corrected chi connectivity index (χ2v) is 8.93. The fourth-order valence-corrected chi connectivity index (χ4v) is 3.73. The second-order valence-electron chi connectivity index (χ2n) is 6.99. The van der Waals surface area contributed by atoms with Gasteiger partial charge in [0.05, 0.1) is 11.1 Å². The van der Waals surface area contributed by atoms with Crippen molar-refractivity contribution in [2.45, 2.75) is 33.1 Å². The first-order valence-electron chi connectivity index (χ1n) is 8.91. The van der Waals surface area contributed by atoms with Crippen molar-refractivity contribution in [3.8, 4) is 5.75 Å². The van der Waals surface area contributed by atoms with Crippen molar-refractivity contribution >= 4 is 33.7 Å². The summed E-state index contributed by atoms with van der Waals surface area (Å²) in [5.74, 6) is -4.45. The minimum absolute atomic E-state index is 0.102. The number of aryl methyl sites for hydroxylation is 3. The van der Waals surface area contributed by atoms with Crippen LogP contribution >= 0.6 is 11.6 Å². The molecule has 2 aromatic rings. The zero-order chi connectivity index (χ0) is 24.4. The van der Waals surface area contributed by atoms with E-state index in [0.717, 1.165) is 17.7 Å². The van der Waals surface area contributed by atoms with Gasteiger partial charge in [-0.15, -0.1) is 0 Å². The molecule has 0 bridgehead atoms. The summed E-state index contributed by atoms with van der Waals surface area (Å²) in [6.07, 6.45) is -8.48. The van der Waals surface area contributed by atoms with E-state index in [1.165, 1.54) is 6.07 Å². The van der Waals surface area contributed by atoms with Crippen LogP contribution in [0.25, 0.3) is 0 Å². The molecule has 1 unspecified atom stereocenters. The van der Waals surface area contributed by atoms with Gasteiger partial charge in [0.1, 0.15) is 11.5 Å². The maximum Gasteiger partial charge on any atom is 0.426 e. The number of esters is 2. The molecular weight excluding hydrogens is 477 g/mol. The van der Waals surface area contributed by atoms with Crippen LogP contribution in [0.15, 0.2) is 30.3 Å². The molecule has 0 aliphatic carbocycles. The van der Waals surface area contributed by atoms with Crippen LogP contribution in [0.4, 0.5) is 13.2 Å². The molecule has 0 aliphatic rings. The molecule has 32 heavy (non-hydrogen) atoms. The van der Waals surface area contributed by atoms with E-state index in [4.69, 9.17) is 20.9 Å². The van der Waals surface area contributed by atoms with Crippen LogP contribution < -0.4 is 4.74 Å². The van der Waals surface area contributed by atoms with Crippen molar-refractivity contribution in [3.05, 3.63) is 63.2 Å². The van der Waals surface area contributed by atoms with Crippen molar-refractivity contribution in [2.24, 2.45) is 0 Å². The maximum atomic E-state index is 13.1. The van der Waals surface area contributed by atoms with Gasteiger partial charge in [0.2, 0.25) is 6.10 Å². The predicted molar refractivity (Wildman–Crippen MR) is 109 cm³/mol. The van der Waals surface area contributed by atoms with Gasteiger partial charge < -0.3 is 9.47 Å². The third-order valence-corrected chi connectivity index (χ3v) is 5.16. The predicted octanol–water partition coefficient (Wildman–Crippen LogP) is 4.46. The zero-order valence-electron chi connectivity index (χ0n) is 17.0. The third-order valence-electron chi connectivity index (χ3n) is 4.20. The topological polar surface area (TPSA) is 107 Å². The lowest BCUT2D eigenvalue weighted by Crippen LogP contribution is -2.39. The lowest BCUT2D eigenvalue weighted by atomic mass is 10.1. The Morgan fingerprint density at radius 3 is 2.09 bits per heavy atom. The molecule has 0 heterocycles. The molecule has 0 saturated carbocycles. The molecule has 2 aromatic carbocycles. The first-order chi connectivity index (χ1) is 14.6. The SMILES string of the molecule is Cc1cc(C)c(OC(=O)c2ccc(Cl)cc2C(=O)OC(CS(=O)(=O)O)C(F)(F)F)c(C)c1.